The zero-order chi connectivity index (χ0) is 12.7. The standard InChI is InChI=1S/C14H25N3/c1-4-6-7-12(5-2)9-16-14-8-11(3)13(15)10-17-14/h8,10,12H,4-7,9,15H2,1-3H3,(H,16,17). The molecule has 1 heterocycles. The molecule has 0 saturated heterocycles. The zero-order valence-electron chi connectivity index (χ0n) is 11.3. The molecule has 0 aliphatic rings. The van der Waals surface area contributed by atoms with Crippen LogP contribution in [0.25, 0.3) is 0 Å². The number of anilines is 2. The normalized spacial score (nSPS) is 12.4. The highest BCUT2D eigenvalue weighted by atomic mass is 15.0. The number of aromatic nitrogens is 1. The third-order valence-electron chi connectivity index (χ3n) is 3.27. The molecule has 1 aromatic rings. The minimum Gasteiger partial charge on any atom is -0.397 e. The van der Waals surface area contributed by atoms with E-state index < -0.39 is 0 Å². The Morgan fingerprint density at radius 1 is 1.41 bits per heavy atom. The van der Waals surface area contributed by atoms with Crippen LogP contribution in [-0.4, -0.2) is 11.5 Å². The SMILES string of the molecule is CCCCC(CC)CNc1cc(C)c(N)cn1. The highest BCUT2D eigenvalue weighted by Gasteiger charge is 2.06. The molecule has 0 fully saturated rings. The smallest absolute Gasteiger partial charge is 0.126 e. The predicted octanol–water partition coefficient (Wildman–Crippen LogP) is 3.60. The van der Waals surface area contributed by atoms with Gasteiger partial charge in [-0.05, 0) is 30.9 Å². The molecule has 0 radical (unpaired) electrons. The highest BCUT2D eigenvalue weighted by molar-refractivity contribution is 5.50. The summed E-state index contributed by atoms with van der Waals surface area (Å²) in [5.74, 6) is 1.68. The fourth-order valence-electron chi connectivity index (χ4n) is 1.86. The van der Waals surface area contributed by atoms with Gasteiger partial charge in [0.1, 0.15) is 5.82 Å². The van der Waals surface area contributed by atoms with Gasteiger partial charge in [-0.3, -0.25) is 0 Å². The van der Waals surface area contributed by atoms with Crippen molar-refractivity contribution in [3.63, 3.8) is 0 Å². The van der Waals surface area contributed by atoms with Gasteiger partial charge in [0.25, 0.3) is 0 Å². The molecule has 0 aromatic carbocycles. The molecule has 96 valence electrons. The summed E-state index contributed by atoms with van der Waals surface area (Å²) < 4.78 is 0. The van der Waals surface area contributed by atoms with E-state index in [9.17, 15) is 0 Å². The van der Waals surface area contributed by atoms with Gasteiger partial charge in [-0.1, -0.05) is 33.1 Å². The largest absolute Gasteiger partial charge is 0.397 e. The van der Waals surface area contributed by atoms with Gasteiger partial charge in [-0.25, -0.2) is 4.98 Å². The molecule has 3 nitrogen and oxygen atoms in total. The molecule has 3 heteroatoms. The van der Waals surface area contributed by atoms with Crippen LogP contribution in [0.2, 0.25) is 0 Å². The van der Waals surface area contributed by atoms with Crippen LogP contribution in [0.15, 0.2) is 12.3 Å². The van der Waals surface area contributed by atoms with Crippen LogP contribution in [0.1, 0.15) is 45.1 Å². The Kier molecular flexibility index (Phi) is 5.81. The summed E-state index contributed by atoms with van der Waals surface area (Å²) in [4.78, 5) is 4.29. The molecule has 17 heavy (non-hydrogen) atoms. The third kappa shape index (κ3) is 4.63. The van der Waals surface area contributed by atoms with E-state index in [0.29, 0.717) is 0 Å². The Bertz CT molecular complexity index is 336. The average Bonchev–Trinajstić information content (AvgIpc) is 2.34. The van der Waals surface area contributed by atoms with Gasteiger partial charge in [-0.2, -0.15) is 0 Å². The van der Waals surface area contributed by atoms with Crippen molar-refractivity contribution in [1.29, 1.82) is 0 Å². The van der Waals surface area contributed by atoms with Crippen molar-refractivity contribution < 1.29 is 0 Å². The first kappa shape index (κ1) is 13.8. The highest BCUT2D eigenvalue weighted by Crippen LogP contribution is 2.16. The van der Waals surface area contributed by atoms with E-state index in [1.54, 1.807) is 6.20 Å². The lowest BCUT2D eigenvalue weighted by Crippen LogP contribution is -2.14. The molecule has 1 rings (SSSR count). The quantitative estimate of drug-likeness (QED) is 0.759. The van der Waals surface area contributed by atoms with Crippen molar-refractivity contribution >= 4 is 11.5 Å². The van der Waals surface area contributed by atoms with E-state index in [2.05, 4.69) is 24.1 Å². The van der Waals surface area contributed by atoms with Gasteiger partial charge >= 0.3 is 0 Å². The number of hydrogen-bond acceptors (Lipinski definition) is 3. The molecule has 1 atom stereocenters. The molecule has 3 N–H and O–H groups in total. The fourth-order valence-corrected chi connectivity index (χ4v) is 1.86. The molecule has 0 bridgehead atoms. The second kappa shape index (κ2) is 7.15. The number of rotatable bonds is 7. The van der Waals surface area contributed by atoms with Crippen molar-refractivity contribution in [1.82, 2.24) is 4.98 Å². The molecule has 0 spiro atoms. The van der Waals surface area contributed by atoms with E-state index in [1.807, 2.05) is 13.0 Å². The summed E-state index contributed by atoms with van der Waals surface area (Å²) in [7, 11) is 0. The van der Waals surface area contributed by atoms with Gasteiger partial charge in [0.2, 0.25) is 0 Å². The number of hydrogen-bond donors (Lipinski definition) is 2. The fraction of sp³-hybridized carbons (Fsp3) is 0.643. The number of unbranched alkanes of at least 4 members (excludes halogenated alkanes) is 1. The first-order valence-corrected chi connectivity index (χ1v) is 6.63. The van der Waals surface area contributed by atoms with E-state index in [1.165, 1.54) is 25.7 Å². The summed E-state index contributed by atoms with van der Waals surface area (Å²) in [6.07, 6.45) is 6.84. The molecule has 0 aliphatic carbocycles. The summed E-state index contributed by atoms with van der Waals surface area (Å²) in [5, 5.41) is 3.41. The molecule has 0 amide bonds. The molecular formula is C14H25N3. The van der Waals surface area contributed by atoms with Crippen LogP contribution < -0.4 is 11.1 Å². The summed E-state index contributed by atoms with van der Waals surface area (Å²) in [6, 6.07) is 2.02. The van der Waals surface area contributed by atoms with E-state index in [-0.39, 0.29) is 0 Å². The monoisotopic (exact) mass is 235 g/mol. The molecule has 0 aliphatic heterocycles. The number of pyridine rings is 1. The molecular weight excluding hydrogens is 210 g/mol. The van der Waals surface area contributed by atoms with Crippen LogP contribution in [0.4, 0.5) is 11.5 Å². The number of nitrogens with one attached hydrogen (secondary N) is 1. The Morgan fingerprint density at radius 3 is 2.76 bits per heavy atom. The van der Waals surface area contributed by atoms with Gasteiger partial charge in [-0.15, -0.1) is 0 Å². The summed E-state index contributed by atoms with van der Waals surface area (Å²) >= 11 is 0. The molecule has 1 aromatic heterocycles. The van der Waals surface area contributed by atoms with Crippen molar-refractivity contribution in [2.24, 2.45) is 5.92 Å². The second-order valence-electron chi connectivity index (χ2n) is 4.72. The maximum atomic E-state index is 5.75. The number of nitrogens with two attached hydrogens (primary N) is 1. The lowest BCUT2D eigenvalue weighted by Gasteiger charge is -2.16. The van der Waals surface area contributed by atoms with Gasteiger partial charge in [0.05, 0.1) is 11.9 Å². The van der Waals surface area contributed by atoms with Crippen LogP contribution in [0.5, 0.6) is 0 Å². The minimum atomic E-state index is 0.745. The Balaban J connectivity index is 2.45. The van der Waals surface area contributed by atoms with Gasteiger partial charge in [0.15, 0.2) is 0 Å². The van der Waals surface area contributed by atoms with Crippen molar-refractivity contribution in [3.05, 3.63) is 17.8 Å². The van der Waals surface area contributed by atoms with Crippen LogP contribution in [-0.2, 0) is 0 Å². The van der Waals surface area contributed by atoms with E-state index in [4.69, 9.17) is 5.73 Å². The van der Waals surface area contributed by atoms with E-state index in [0.717, 1.165) is 29.5 Å². The molecule has 0 saturated carbocycles. The lowest BCUT2D eigenvalue weighted by molar-refractivity contribution is 0.472. The molecule has 1 unspecified atom stereocenters. The first-order valence-electron chi connectivity index (χ1n) is 6.63. The number of aryl methyl sites for hydroxylation is 1. The average molecular weight is 235 g/mol. The van der Waals surface area contributed by atoms with Crippen molar-refractivity contribution in [3.8, 4) is 0 Å². The van der Waals surface area contributed by atoms with Gasteiger partial charge < -0.3 is 11.1 Å². The summed E-state index contributed by atoms with van der Waals surface area (Å²) in [5.41, 5.74) is 7.59. The Hall–Kier alpha value is -1.25. The van der Waals surface area contributed by atoms with Crippen LogP contribution >= 0.6 is 0 Å². The van der Waals surface area contributed by atoms with Crippen molar-refractivity contribution in [2.75, 3.05) is 17.6 Å². The Morgan fingerprint density at radius 2 is 2.18 bits per heavy atom. The maximum absolute atomic E-state index is 5.75. The minimum absolute atomic E-state index is 0.745. The van der Waals surface area contributed by atoms with Gasteiger partial charge in [0, 0.05) is 6.54 Å². The maximum Gasteiger partial charge on any atom is 0.126 e. The topological polar surface area (TPSA) is 50.9 Å². The lowest BCUT2D eigenvalue weighted by atomic mass is 9.99. The Labute approximate surface area is 105 Å². The second-order valence-corrected chi connectivity index (χ2v) is 4.72. The third-order valence-corrected chi connectivity index (χ3v) is 3.27. The number of nitrogen functional groups attached to an aromatic ring is 1. The number of nitrogens with zero attached hydrogens (tertiary/aromatic N) is 1. The zero-order valence-corrected chi connectivity index (χ0v) is 11.3. The van der Waals surface area contributed by atoms with E-state index >= 15 is 0 Å². The summed E-state index contributed by atoms with van der Waals surface area (Å²) in [6.45, 7) is 7.51. The van der Waals surface area contributed by atoms with Crippen LogP contribution in [0.3, 0.4) is 0 Å². The predicted molar refractivity (Wildman–Crippen MR) is 75.2 cm³/mol. The van der Waals surface area contributed by atoms with Crippen molar-refractivity contribution in [2.45, 2.75) is 46.5 Å². The van der Waals surface area contributed by atoms with Crippen LogP contribution in [0, 0.1) is 12.8 Å². The first-order chi connectivity index (χ1) is 8.17.